The molecular weight excluding hydrogens is 294 g/mol. The fraction of sp³-hybridized carbons (Fsp3) is 0.0769. The van der Waals surface area contributed by atoms with E-state index >= 15 is 0 Å². The predicted octanol–water partition coefficient (Wildman–Crippen LogP) is 2.22. The van der Waals surface area contributed by atoms with E-state index in [9.17, 15) is 4.79 Å². The minimum Gasteiger partial charge on any atom is -0.363 e. The molecule has 1 N–H and O–H groups in total. The number of aromatic nitrogens is 4. The van der Waals surface area contributed by atoms with Crippen molar-refractivity contribution in [1.82, 2.24) is 20.2 Å². The van der Waals surface area contributed by atoms with Crippen LogP contribution in [0.1, 0.15) is 16.1 Å². The van der Waals surface area contributed by atoms with E-state index in [1.807, 2.05) is 30.3 Å². The zero-order valence-corrected chi connectivity index (χ0v) is 11.5. The normalized spacial score (nSPS) is 10.5. The van der Waals surface area contributed by atoms with Crippen LogP contribution in [-0.2, 0) is 6.54 Å². The number of nitrogens with one attached hydrogen (secondary N) is 1. The van der Waals surface area contributed by atoms with Gasteiger partial charge in [0, 0.05) is 6.07 Å². The molecule has 0 aliphatic heterocycles. The molecule has 106 valence electrons. The monoisotopic (exact) mass is 303 g/mol. The molecule has 2 heterocycles. The van der Waals surface area contributed by atoms with Crippen molar-refractivity contribution in [2.24, 2.45) is 0 Å². The number of carbonyl (C=O) groups is 1. The van der Waals surface area contributed by atoms with Crippen LogP contribution in [-0.4, -0.2) is 26.1 Å². The summed E-state index contributed by atoms with van der Waals surface area (Å²) in [5, 5.41) is 14.0. The van der Waals surface area contributed by atoms with E-state index in [2.05, 4.69) is 25.3 Å². The van der Waals surface area contributed by atoms with Crippen molar-refractivity contribution in [3.05, 3.63) is 59.1 Å². The second kappa shape index (κ2) is 5.76. The third-order valence-electron chi connectivity index (χ3n) is 2.74. The lowest BCUT2D eigenvalue weighted by molar-refractivity contribution is 0.102. The van der Waals surface area contributed by atoms with Gasteiger partial charge < -0.3 is 9.84 Å². The van der Waals surface area contributed by atoms with Gasteiger partial charge in [-0.05, 0) is 5.56 Å². The first-order valence-electron chi connectivity index (χ1n) is 6.08. The number of halogens is 1. The number of nitrogens with zero attached hydrogens (tertiary/aromatic N) is 4. The van der Waals surface area contributed by atoms with Crippen molar-refractivity contribution < 1.29 is 9.32 Å². The van der Waals surface area contributed by atoms with Gasteiger partial charge in [0.15, 0.2) is 16.7 Å². The molecule has 0 atom stereocenters. The highest BCUT2D eigenvalue weighted by molar-refractivity contribution is 6.33. The van der Waals surface area contributed by atoms with Crippen molar-refractivity contribution in [3.63, 3.8) is 0 Å². The molecule has 21 heavy (non-hydrogen) atoms. The minimum atomic E-state index is -0.492. The molecule has 0 saturated heterocycles. The molecule has 0 saturated carbocycles. The lowest BCUT2D eigenvalue weighted by Gasteiger charge is -2.02. The van der Waals surface area contributed by atoms with E-state index in [0.29, 0.717) is 6.54 Å². The molecular formula is C13H10ClN5O2. The van der Waals surface area contributed by atoms with Gasteiger partial charge in [0.2, 0.25) is 0 Å². The number of benzene rings is 1. The lowest BCUT2D eigenvalue weighted by Crippen LogP contribution is -2.13. The van der Waals surface area contributed by atoms with Crippen LogP contribution in [0, 0.1) is 0 Å². The van der Waals surface area contributed by atoms with Crippen molar-refractivity contribution in [2.75, 3.05) is 5.32 Å². The Labute approximate surface area is 124 Å². The van der Waals surface area contributed by atoms with E-state index < -0.39 is 5.91 Å². The fourth-order valence-electron chi connectivity index (χ4n) is 1.75. The largest absolute Gasteiger partial charge is 0.363 e. The number of hydrogen-bond acceptors (Lipinski definition) is 5. The Hall–Kier alpha value is -2.67. The van der Waals surface area contributed by atoms with Gasteiger partial charge in [0.1, 0.15) is 6.26 Å². The van der Waals surface area contributed by atoms with Crippen LogP contribution >= 0.6 is 11.6 Å². The first-order chi connectivity index (χ1) is 10.2. The minimum absolute atomic E-state index is 0.0376. The standard InChI is InChI=1S/C13H10ClN5O2/c14-12-11(13(20)15-10-6-7-21-17-10)16-18-19(12)8-9-4-2-1-3-5-9/h1-7H,8H2,(H,15,17,20). The number of hydrogen-bond donors (Lipinski definition) is 1. The molecule has 0 unspecified atom stereocenters. The van der Waals surface area contributed by atoms with Crippen LogP contribution < -0.4 is 5.32 Å². The maximum absolute atomic E-state index is 12.0. The number of anilines is 1. The topological polar surface area (TPSA) is 85.8 Å². The highest BCUT2D eigenvalue weighted by Gasteiger charge is 2.19. The molecule has 3 rings (SSSR count). The van der Waals surface area contributed by atoms with Crippen molar-refractivity contribution in [3.8, 4) is 0 Å². The average molecular weight is 304 g/mol. The van der Waals surface area contributed by atoms with E-state index in [0.717, 1.165) is 5.56 Å². The van der Waals surface area contributed by atoms with Gasteiger partial charge in [-0.1, -0.05) is 52.3 Å². The van der Waals surface area contributed by atoms with Crippen LogP contribution in [0.3, 0.4) is 0 Å². The Balaban J connectivity index is 1.77. The van der Waals surface area contributed by atoms with Crippen LogP contribution in [0.4, 0.5) is 5.82 Å². The lowest BCUT2D eigenvalue weighted by atomic mass is 10.2. The third-order valence-corrected chi connectivity index (χ3v) is 3.12. The van der Waals surface area contributed by atoms with Gasteiger partial charge in [-0.25, -0.2) is 4.68 Å². The summed E-state index contributed by atoms with van der Waals surface area (Å²) in [5.74, 6) is -0.207. The number of rotatable bonds is 4. The van der Waals surface area contributed by atoms with Gasteiger partial charge in [-0.3, -0.25) is 4.79 Å². The summed E-state index contributed by atoms with van der Waals surface area (Å²) in [4.78, 5) is 12.0. The van der Waals surface area contributed by atoms with Gasteiger partial charge in [0.05, 0.1) is 6.54 Å². The van der Waals surface area contributed by atoms with E-state index in [1.165, 1.54) is 17.0 Å². The zero-order chi connectivity index (χ0) is 14.7. The van der Waals surface area contributed by atoms with E-state index in [1.54, 1.807) is 0 Å². The Morgan fingerprint density at radius 3 is 2.81 bits per heavy atom. The van der Waals surface area contributed by atoms with Crippen molar-refractivity contribution in [1.29, 1.82) is 0 Å². The van der Waals surface area contributed by atoms with E-state index in [4.69, 9.17) is 11.6 Å². The van der Waals surface area contributed by atoms with Crippen LogP contribution in [0.5, 0.6) is 0 Å². The molecule has 1 aromatic carbocycles. The Bertz CT molecular complexity index is 739. The maximum atomic E-state index is 12.0. The molecule has 3 aromatic rings. The molecule has 0 aliphatic carbocycles. The third kappa shape index (κ3) is 2.92. The maximum Gasteiger partial charge on any atom is 0.280 e. The van der Waals surface area contributed by atoms with Gasteiger partial charge in [0.25, 0.3) is 5.91 Å². The SMILES string of the molecule is O=C(Nc1ccon1)c1nnn(Cc2ccccc2)c1Cl. The molecule has 1 amide bonds. The quantitative estimate of drug-likeness (QED) is 0.798. The van der Waals surface area contributed by atoms with Crippen LogP contribution in [0.2, 0.25) is 5.15 Å². The summed E-state index contributed by atoms with van der Waals surface area (Å²) < 4.78 is 6.08. The smallest absolute Gasteiger partial charge is 0.280 e. The summed E-state index contributed by atoms with van der Waals surface area (Å²) in [6.45, 7) is 0.434. The second-order valence-electron chi connectivity index (χ2n) is 4.21. The first-order valence-corrected chi connectivity index (χ1v) is 6.46. The fourth-order valence-corrected chi connectivity index (χ4v) is 1.97. The summed E-state index contributed by atoms with van der Waals surface area (Å²) in [5.41, 5.74) is 1.04. The van der Waals surface area contributed by atoms with Gasteiger partial charge >= 0.3 is 0 Å². The Kier molecular flexibility index (Phi) is 3.65. The molecule has 7 nitrogen and oxygen atoms in total. The molecule has 0 aliphatic rings. The highest BCUT2D eigenvalue weighted by atomic mass is 35.5. The Morgan fingerprint density at radius 2 is 2.10 bits per heavy atom. The second-order valence-corrected chi connectivity index (χ2v) is 4.57. The number of amides is 1. The Morgan fingerprint density at radius 1 is 1.29 bits per heavy atom. The molecule has 2 aromatic heterocycles. The summed E-state index contributed by atoms with van der Waals surface area (Å²) >= 11 is 6.14. The van der Waals surface area contributed by atoms with Gasteiger partial charge in [-0.15, -0.1) is 5.10 Å². The summed E-state index contributed by atoms with van der Waals surface area (Å²) in [6, 6.07) is 11.1. The first kappa shape index (κ1) is 13.3. The summed E-state index contributed by atoms with van der Waals surface area (Å²) in [6.07, 6.45) is 1.35. The highest BCUT2D eigenvalue weighted by Crippen LogP contribution is 2.16. The van der Waals surface area contributed by atoms with Crippen molar-refractivity contribution in [2.45, 2.75) is 6.54 Å². The molecule has 0 bridgehead atoms. The van der Waals surface area contributed by atoms with Crippen LogP contribution in [0.25, 0.3) is 0 Å². The van der Waals surface area contributed by atoms with Crippen molar-refractivity contribution >= 4 is 23.3 Å². The van der Waals surface area contributed by atoms with Gasteiger partial charge in [-0.2, -0.15) is 0 Å². The molecule has 0 fully saturated rings. The summed E-state index contributed by atoms with van der Waals surface area (Å²) in [7, 11) is 0. The predicted molar refractivity (Wildman–Crippen MR) is 75.0 cm³/mol. The number of carbonyl (C=O) groups excluding carboxylic acids is 1. The van der Waals surface area contributed by atoms with Crippen LogP contribution in [0.15, 0.2) is 47.2 Å². The zero-order valence-electron chi connectivity index (χ0n) is 10.7. The van der Waals surface area contributed by atoms with E-state index in [-0.39, 0.29) is 16.7 Å². The average Bonchev–Trinajstić information content (AvgIpc) is 3.11. The molecule has 0 radical (unpaired) electrons. The molecule has 0 spiro atoms. The molecule has 8 heteroatoms.